The molecule has 1 heterocycles. The molecular weight excluding hydrogens is 240 g/mol. The average molecular weight is 266 g/mol. The van der Waals surface area contributed by atoms with Crippen molar-refractivity contribution in [3.63, 3.8) is 0 Å². The highest BCUT2D eigenvalue weighted by Crippen LogP contribution is 2.45. The monoisotopic (exact) mass is 266 g/mol. The zero-order valence-corrected chi connectivity index (χ0v) is 12.0. The molecule has 1 saturated heterocycles. The topological polar surface area (TPSA) is 55.6 Å². The van der Waals surface area contributed by atoms with Crippen molar-refractivity contribution in [1.82, 2.24) is 4.90 Å². The zero-order chi connectivity index (χ0) is 13.5. The van der Waals surface area contributed by atoms with E-state index < -0.39 is 0 Å². The number of fused-ring (bicyclic) bond motifs is 1. The third kappa shape index (κ3) is 2.09. The highest BCUT2D eigenvalue weighted by molar-refractivity contribution is 5.83. The predicted molar refractivity (Wildman–Crippen MR) is 73.6 cm³/mol. The van der Waals surface area contributed by atoms with Crippen LogP contribution in [0.2, 0.25) is 0 Å². The maximum atomic E-state index is 13.0. The second-order valence-electron chi connectivity index (χ2n) is 6.93. The molecule has 0 spiro atoms. The maximum Gasteiger partial charge on any atom is 0.231 e. The van der Waals surface area contributed by atoms with Crippen LogP contribution in [0.1, 0.15) is 44.9 Å². The Morgan fingerprint density at radius 3 is 2.53 bits per heavy atom. The van der Waals surface area contributed by atoms with Gasteiger partial charge in [0.05, 0.1) is 12.0 Å². The van der Waals surface area contributed by atoms with E-state index in [0.717, 1.165) is 45.2 Å². The Kier molecular flexibility index (Phi) is 3.34. The summed E-state index contributed by atoms with van der Waals surface area (Å²) in [7, 11) is 1.71. The van der Waals surface area contributed by atoms with Crippen molar-refractivity contribution in [3.05, 3.63) is 0 Å². The van der Waals surface area contributed by atoms with Gasteiger partial charge in [0, 0.05) is 25.7 Å². The molecule has 0 unspecified atom stereocenters. The van der Waals surface area contributed by atoms with Crippen LogP contribution in [0.25, 0.3) is 0 Å². The molecule has 3 rings (SSSR count). The van der Waals surface area contributed by atoms with Crippen LogP contribution in [0.15, 0.2) is 0 Å². The van der Waals surface area contributed by atoms with Crippen molar-refractivity contribution in [2.45, 2.75) is 50.5 Å². The zero-order valence-electron chi connectivity index (χ0n) is 12.0. The maximum absolute atomic E-state index is 13.0. The van der Waals surface area contributed by atoms with Crippen molar-refractivity contribution >= 4 is 5.91 Å². The van der Waals surface area contributed by atoms with Gasteiger partial charge in [0.2, 0.25) is 5.91 Å². The van der Waals surface area contributed by atoms with Gasteiger partial charge in [-0.1, -0.05) is 19.3 Å². The summed E-state index contributed by atoms with van der Waals surface area (Å²) in [6.07, 6.45) is 7.80. The standard InChI is InChI=1S/C15H26N2O2/c1-19-11-14(6-3-2-4-7-14)13(18)17-9-12-5-8-15(12,16)10-17/h12H,2-11,16H2,1H3/t12-,15-/m0/s1. The molecule has 1 amide bonds. The van der Waals surface area contributed by atoms with Crippen LogP contribution in [0.4, 0.5) is 0 Å². The second kappa shape index (κ2) is 4.74. The van der Waals surface area contributed by atoms with Crippen molar-refractivity contribution in [3.8, 4) is 0 Å². The molecule has 3 aliphatic rings. The fraction of sp³-hybridized carbons (Fsp3) is 0.933. The highest BCUT2D eigenvalue weighted by Gasteiger charge is 2.54. The SMILES string of the molecule is COCC1(C(=O)N2C[C@@H]3CC[C@]3(N)C2)CCCCC1. The Hall–Kier alpha value is -0.610. The molecule has 108 valence electrons. The molecule has 0 radical (unpaired) electrons. The predicted octanol–water partition coefficient (Wildman–Crippen LogP) is 1.53. The number of amides is 1. The smallest absolute Gasteiger partial charge is 0.231 e. The lowest BCUT2D eigenvalue weighted by Gasteiger charge is -2.40. The van der Waals surface area contributed by atoms with Gasteiger partial charge in [-0.05, 0) is 31.6 Å². The Labute approximate surface area is 115 Å². The summed E-state index contributed by atoms with van der Waals surface area (Å²) in [5.41, 5.74) is 6.03. The molecule has 1 aliphatic heterocycles. The quantitative estimate of drug-likeness (QED) is 0.843. The van der Waals surface area contributed by atoms with Crippen LogP contribution in [0.5, 0.6) is 0 Å². The van der Waals surface area contributed by atoms with Crippen molar-refractivity contribution in [2.24, 2.45) is 17.1 Å². The second-order valence-corrected chi connectivity index (χ2v) is 6.93. The van der Waals surface area contributed by atoms with E-state index in [1.54, 1.807) is 7.11 Å². The Bertz CT molecular complexity index is 360. The van der Waals surface area contributed by atoms with Gasteiger partial charge in [-0.25, -0.2) is 0 Å². The molecular formula is C15H26N2O2. The fourth-order valence-electron chi connectivity index (χ4n) is 4.30. The number of nitrogens with zero attached hydrogens (tertiary/aromatic N) is 1. The van der Waals surface area contributed by atoms with E-state index in [4.69, 9.17) is 10.5 Å². The molecule has 4 nitrogen and oxygen atoms in total. The number of carbonyl (C=O) groups excluding carboxylic acids is 1. The van der Waals surface area contributed by atoms with E-state index >= 15 is 0 Å². The van der Waals surface area contributed by atoms with Crippen LogP contribution in [-0.4, -0.2) is 43.2 Å². The molecule has 2 atom stereocenters. The number of likely N-dealkylation sites (tertiary alicyclic amines) is 1. The number of nitrogens with two attached hydrogens (primary N) is 1. The third-order valence-electron chi connectivity index (χ3n) is 5.67. The molecule has 2 N–H and O–H groups in total. The highest BCUT2D eigenvalue weighted by atomic mass is 16.5. The van der Waals surface area contributed by atoms with Crippen molar-refractivity contribution in [1.29, 1.82) is 0 Å². The number of carbonyl (C=O) groups is 1. The van der Waals surface area contributed by atoms with E-state index in [1.807, 2.05) is 4.90 Å². The summed E-state index contributed by atoms with van der Waals surface area (Å²) >= 11 is 0. The summed E-state index contributed by atoms with van der Waals surface area (Å²) in [6, 6.07) is 0. The van der Waals surface area contributed by atoms with Crippen LogP contribution in [0.3, 0.4) is 0 Å². The minimum absolute atomic E-state index is 0.0708. The molecule has 0 aromatic heterocycles. The fourth-order valence-corrected chi connectivity index (χ4v) is 4.30. The summed E-state index contributed by atoms with van der Waals surface area (Å²) in [6.45, 7) is 2.22. The molecule has 0 bridgehead atoms. The summed E-state index contributed by atoms with van der Waals surface area (Å²) in [4.78, 5) is 15.0. The largest absolute Gasteiger partial charge is 0.384 e. The molecule has 2 saturated carbocycles. The Morgan fingerprint density at radius 2 is 2.05 bits per heavy atom. The molecule has 0 aromatic rings. The van der Waals surface area contributed by atoms with E-state index in [0.29, 0.717) is 18.4 Å². The average Bonchev–Trinajstić information content (AvgIpc) is 2.64. The molecule has 4 heteroatoms. The van der Waals surface area contributed by atoms with Gasteiger partial charge in [0.15, 0.2) is 0 Å². The lowest BCUT2D eigenvalue weighted by atomic mass is 9.70. The first-order chi connectivity index (χ1) is 9.10. The first-order valence-corrected chi connectivity index (χ1v) is 7.67. The number of hydrogen-bond donors (Lipinski definition) is 1. The Balaban J connectivity index is 1.74. The van der Waals surface area contributed by atoms with Crippen LogP contribution in [0, 0.1) is 11.3 Å². The van der Waals surface area contributed by atoms with E-state index in [9.17, 15) is 4.79 Å². The first-order valence-electron chi connectivity index (χ1n) is 7.67. The van der Waals surface area contributed by atoms with Crippen LogP contribution >= 0.6 is 0 Å². The molecule has 19 heavy (non-hydrogen) atoms. The molecule has 3 fully saturated rings. The van der Waals surface area contributed by atoms with Crippen molar-refractivity contribution in [2.75, 3.05) is 26.8 Å². The molecule has 0 aromatic carbocycles. The summed E-state index contributed by atoms with van der Waals surface area (Å²) in [5, 5.41) is 0. The van der Waals surface area contributed by atoms with Crippen LogP contribution in [-0.2, 0) is 9.53 Å². The van der Waals surface area contributed by atoms with E-state index in [1.165, 1.54) is 12.8 Å². The van der Waals surface area contributed by atoms with E-state index in [2.05, 4.69) is 0 Å². The molecule has 2 aliphatic carbocycles. The minimum atomic E-state index is -0.257. The number of hydrogen-bond acceptors (Lipinski definition) is 3. The van der Waals surface area contributed by atoms with Crippen LogP contribution < -0.4 is 5.73 Å². The van der Waals surface area contributed by atoms with Gasteiger partial charge in [-0.2, -0.15) is 0 Å². The first kappa shape index (κ1) is 13.4. The van der Waals surface area contributed by atoms with Crippen molar-refractivity contribution < 1.29 is 9.53 Å². The number of rotatable bonds is 3. The van der Waals surface area contributed by atoms with Gasteiger partial charge in [-0.3, -0.25) is 4.79 Å². The Morgan fingerprint density at radius 1 is 1.32 bits per heavy atom. The van der Waals surface area contributed by atoms with E-state index in [-0.39, 0.29) is 11.0 Å². The van der Waals surface area contributed by atoms with Gasteiger partial charge in [0.25, 0.3) is 0 Å². The number of ether oxygens (including phenoxy) is 1. The summed E-state index contributed by atoms with van der Waals surface area (Å²) in [5.74, 6) is 0.855. The van der Waals surface area contributed by atoms with Gasteiger partial charge < -0.3 is 15.4 Å². The lowest BCUT2D eigenvalue weighted by Crippen LogP contribution is -2.55. The van der Waals surface area contributed by atoms with Gasteiger partial charge in [0.1, 0.15) is 0 Å². The minimum Gasteiger partial charge on any atom is -0.384 e. The third-order valence-corrected chi connectivity index (χ3v) is 5.67. The van der Waals surface area contributed by atoms with Gasteiger partial charge in [-0.15, -0.1) is 0 Å². The van der Waals surface area contributed by atoms with Gasteiger partial charge >= 0.3 is 0 Å². The normalized spacial score (nSPS) is 36.7. The lowest BCUT2D eigenvalue weighted by molar-refractivity contribution is -0.147. The number of methoxy groups -OCH3 is 1. The summed E-state index contributed by atoms with van der Waals surface area (Å²) < 4.78 is 5.38.